The van der Waals surface area contributed by atoms with Gasteiger partial charge in [-0.15, -0.1) is 0 Å². The quantitative estimate of drug-likeness (QED) is 0.0639. The van der Waals surface area contributed by atoms with Crippen LogP contribution in [-0.4, -0.2) is 185 Å². The topological polar surface area (TPSA) is 374 Å². The molecule has 3 aliphatic heterocycles. The number of aliphatic hydroxyl groups excluding tert-OH is 7. The first-order valence-electron chi connectivity index (χ1n) is 25.9. The molecule has 0 saturated carbocycles. The molecule has 15 atom stereocenters. The molecule has 3 saturated heterocycles. The van der Waals surface area contributed by atoms with Crippen LogP contribution in [0.5, 0.6) is 5.75 Å². The van der Waals surface area contributed by atoms with Gasteiger partial charge in [0.05, 0.1) is 18.3 Å². The average molecular weight is 1040 g/mol. The van der Waals surface area contributed by atoms with Gasteiger partial charge in [0.15, 0.2) is 6.23 Å². The molecule has 23 heteroatoms. The van der Waals surface area contributed by atoms with Gasteiger partial charge in [-0.1, -0.05) is 77.8 Å². The lowest BCUT2D eigenvalue weighted by atomic mass is 9.91. The van der Waals surface area contributed by atoms with Crippen molar-refractivity contribution in [3.63, 3.8) is 0 Å². The number of carbonyl (C=O) groups is 7. The van der Waals surface area contributed by atoms with Crippen LogP contribution in [0.3, 0.4) is 0 Å². The van der Waals surface area contributed by atoms with Crippen molar-refractivity contribution in [2.45, 2.75) is 203 Å². The summed E-state index contributed by atoms with van der Waals surface area (Å²) in [6.45, 7) is 7.05. The van der Waals surface area contributed by atoms with Gasteiger partial charge in [-0.3, -0.25) is 33.6 Å². The molecule has 0 radical (unpaired) electrons. The Balaban J connectivity index is 1.66. The molecule has 412 valence electrons. The van der Waals surface area contributed by atoms with Crippen LogP contribution in [0.15, 0.2) is 24.3 Å². The van der Waals surface area contributed by atoms with Crippen molar-refractivity contribution < 1.29 is 74.4 Å². The van der Waals surface area contributed by atoms with E-state index in [-0.39, 0.29) is 50.1 Å². The van der Waals surface area contributed by atoms with Gasteiger partial charge in [-0.05, 0) is 75.1 Å². The fraction of sp³-hybridized carbons (Fsp3) is 0.740. The van der Waals surface area contributed by atoms with E-state index in [0.717, 1.165) is 55.2 Å². The minimum atomic E-state index is -2.24. The number of fused-ring (bicyclic) bond motifs is 2. The summed E-state index contributed by atoms with van der Waals surface area (Å²) in [6.07, 6.45) is -5.66. The minimum absolute atomic E-state index is 0.0153. The predicted molar refractivity (Wildman–Crippen MR) is 264 cm³/mol. The summed E-state index contributed by atoms with van der Waals surface area (Å²) in [5.74, 6) is -6.23. The average Bonchev–Trinajstić information content (AvgIpc) is 4.01. The molecule has 1 aromatic rings. The van der Waals surface area contributed by atoms with E-state index in [0.29, 0.717) is 24.7 Å². The Hall–Kier alpha value is -5.01. The molecular formula is C50H82N8O15. The van der Waals surface area contributed by atoms with Crippen LogP contribution < -0.4 is 32.3 Å². The number of aromatic hydroxyl groups is 1. The minimum Gasteiger partial charge on any atom is -0.508 e. The molecule has 73 heavy (non-hydrogen) atoms. The maximum Gasteiger partial charge on any atom is 0.248 e. The van der Waals surface area contributed by atoms with Gasteiger partial charge < -0.3 is 83.0 Å². The van der Waals surface area contributed by atoms with Gasteiger partial charge in [-0.25, -0.2) is 0 Å². The first kappa shape index (κ1) is 60.5. The Labute approximate surface area is 427 Å². The molecular weight excluding hydrogens is 953 g/mol. The normalized spacial score (nSPS) is 28.5. The zero-order valence-corrected chi connectivity index (χ0v) is 42.6. The number of nitrogens with two attached hydrogens (primary N) is 1. The number of hydrogen-bond donors (Lipinski definition) is 14. The monoisotopic (exact) mass is 1030 g/mol. The van der Waals surface area contributed by atoms with Crippen molar-refractivity contribution in [1.82, 2.24) is 36.4 Å². The number of carbonyl (C=O) groups excluding carboxylic acids is 7. The maximum absolute atomic E-state index is 14.4. The van der Waals surface area contributed by atoms with E-state index in [9.17, 15) is 74.4 Å². The summed E-state index contributed by atoms with van der Waals surface area (Å²) in [4.78, 5) is 100. The first-order valence-corrected chi connectivity index (χ1v) is 25.9. The summed E-state index contributed by atoms with van der Waals surface area (Å²) >= 11 is 0. The summed E-state index contributed by atoms with van der Waals surface area (Å²) < 4.78 is 0. The Morgan fingerprint density at radius 3 is 1.97 bits per heavy atom. The number of phenolic OH excluding ortho intramolecular Hbond substituents is 1. The van der Waals surface area contributed by atoms with Gasteiger partial charge in [0.25, 0.3) is 0 Å². The van der Waals surface area contributed by atoms with Gasteiger partial charge in [0, 0.05) is 32.4 Å². The molecule has 1 aromatic carbocycles. The van der Waals surface area contributed by atoms with E-state index in [4.69, 9.17) is 5.73 Å². The molecule has 4 rings (SSSR count). The van der Waals surface area contributed by atoms with Gasteiger partial charge in [0.2, 0.25) is 41.4 Å². The fourth-order valence-electron chi connectivity index (χ4n) is 9.78. The van der Waals surface area contributed by atoms with Gasteiger partial charge in [0.1, 0.15) is 60.3 Å². The Morgan fingerprint density at radius 1 is 0.726 bits per heavy atom. The van der Waals surface area contributed by atoms with Crippen LogP contribution >= 0.6 is 0 Å². The highest BCUT2D eigenvalue weighted by Gasteiger charge is 2.47. The summed E-state index contributed by atoms with van der Waals surface area (Å²) in [5, 5.41) is 100. The van der Waals surface area contributed by atoms with Gasteiger partial charge >= 0.3 is 0 Å². The van der Waals surface area contributed by atoms with Crippen molar-refractivity contribution in [3.05, 3.63) is 29.8 Å². The summed E-state index contributed by atoms with van der Waals surface area (Å²) in [6, 6.07) is -5.86. The van der Waals surface area contributed by atoms with E-state index in [1.54, 1.807) is 0 Å². The summed E-state index contributed by atoms with van der Waals surface area (Å²) in [5.41, 5.74) is 5.68. The maximum atomic E-state index is 14.4. The highest BCUT2D eigenvalue weighted by atomic mass is 16.3. The molecule has 3 fully saturated rings. The lowest BCUT2D eigenvalue weighted by Gasteiger charge is -2.34. The van der Waals surface area contributed by atoms with Crippen LogP contribution in [0.1, 0.15) is 136 Å². The largest absolute Gasteiger partial charge is 0.508 e. The van der Waals surface area contributed by atoms with Crippen LogP contribution in [0.2, 0.25) is 0 Å². The molecule has 3 aliphatic rings. The number of nitrogens with zero attached hydrogens (tertiary/aromatic N) is 2. The fourth-order valence-corrected chi connectivity index (χ4v) is 9.78. The number of amides is 7. The summed E-state index contributed by atoms with van der Waals surface area (Å²) in [7, 11) is 0. The third-order valence-corrected chi connectivity index (χ3v) is 14.3. The third-order valence-electron chi connectivity index (χ3n) is 14.3. The highest BCUT2D eigenvalue weighted by Crippen LogP contribution is 2.26. The van der Waals surface area contributed by atoms with E-state index < -0.39 is 140 Å². The molecule has 23 nitrogen and oxygen atoms in total. The van der Waals surface area contributed by atoms with Crippen molar-refractivity contribution in [1.29, 1.82) is 0 Å². The number of nitrogens with one attached hydrogen (secondary N) is 5. The number of phenols is 1. The van der Waals surface area contributed by atoms with E-state index >= 15 is 0 Å². The lowest BCUT2D eigenvalue weighted by molar-refractivity contribution is -0.147. The second kappa shape index (κ2) is 29.2. The number of aliphatic hydroxyl groups is 7. The lowest BCUT2D eigenvalue weighted by Crippen LogP contribution is -2.64. The van der Waals surface area contributed by atoms with Crippen LogP contribution in [0, 0.1) is 11.8 Å². The van der Waals surface area contributed by atoms with Gasteiger partial charge in [-0.2, -0.15) is 0 Å². The van der Waals surface area contributed by atoms with E-state index in [1.165, 1.54) is 30.7 Å². The molecule has 0 spiro atoms. The van der Waals surface area contributed by atoms with Crippen LogP contribution in [0.25, 0.3) is 0 Å². The molecule has 7 amide bonds. The molecule has 0 bridgehead atoms. The number of benzene rings is 1. The van der Waals surface area contributed by atoms with Crippen molar-refractivity contribution in [2.75, 3.05) is 19.6 Å². The number of rotatable bonds is 20. The molecule has 15 N–H and O–H groups in total. The predicted octanol–water partition coefficient (Wildman–Crippen LogP) is -1.84. The Kier molecular flexibility index (Phi) is 24.2. The standard InChI is InChI=1S/C50H82N8O15/c1-5-27(2)23-28(3)13-10-8-6-7-9-11-15-38(64)52-33-25-37(63)47(70)56-45(68)34-14-12-22-57(34)50(73)40(36(62)20-21-51)54-48(71)41(43(66)42(65)30-16-18-31(60)19-17-30)55-46(69)35-24-32(61)26-58(35)49(72)39(29(4)59)53-44(33)67/h16-19,27-29,32-37,39-43,47,59-63,65-66,70H,5-15,20-26,51H2,1-4H3,(H,52,64)(H,53,67)(H,54,71)(H,55,69)(H,56,68)/t27?,28?,29-,32-,33?,34+,35?,36-,37-,39?,40?,41+,42+,43+,47-/m1/s1. The second-order valence-electron chi connectivity index (χ2n) is 20.3. The zero-order chi connectivity index (χ0) is 54.1. The molecule has 0 aliphatic carbocycles. The molecule has 3 heterocycles. The SMILES string of the molecule is CCC(C)CC(C)CCCCCCCCC(=O)NC1C[C@@H](O)[C@@H](O)NC(=O)[C@@H]2CCCN2C(=O)C([C@H](O)CCN)NC(=O)[C@H]([C@H](O)[C@@H](O)c2ccc(O)cc2)NC(=O)C2C[C@@H](O)CN2C(=O)C([C@@H](C)O)NC1=O. The van der Waals surface area contributed by atoms with Crippen LogP contribution in [0.4, 0.5) is 0 Å². The molecule has 6 unspecified atom stereocenters. The zero-order valence-electron chi connectivity index (χ0n) is 42.6. The Morgan fingerprint density at radius 2 is 1.33 bits per heavy atom. The smallest absolute Gasteiger partial charge is 0.248 e. The number of hydrogen-bond acceptors (Lipinski definition) is 16. The van der Waals surface area contributed by atoms with Crippen LogP contribution in [-0.2, 0) is 33.6 Å². The third kappa shape index (κ3) is 17.5. The van der Waals surface area contributed by atoms with E-state index in [2.05, 4.69) is 47.4 Å². The van der Waals surface area contributed by atoms with Crippen molar-refractivity contribution in [3.8, 4) is 5.75 Å². The highest BCUT2D eigenvalue weighted by molar-refractivity contribution is 5.98. The van der Waals surface area contributed by atoms with Crippen molar-refractivity contribution >= 4 is 41.4 Å². The molecule has 0 aromatic heterocycles. The second-order valence-corrected chi connectivity index (χ2v) is 20.3. The first-order chi connectivity index (χ1) is 34.6. The number of unbranched alkanes of at least 4 members (excludes halogenated alkanes) is 5. The van der Waals surface area contributed by atoms with Crippen molar-refractivity contribution in [2.24, 2.45) is 17.6 Å². The Bertz CT molecular complexity index is 1980. The van der Waals surface area contributed by atoms with E-state index in [1.807, 2.05) is 0 Å².